The number of sulfonamides is 1. The summed E-state index contributed by atoms with van der Waals surface area (Å²) in [6.45, 7) is 1.23. The molecule has 0 aliphatic heterocycles. The highest BCUT2D eigenvalue weighted by molar-refractivity contribution is 7.94. The highest BCUT2D eigenvalue weighted by Crippen LogP contribution is 2.23. The average molecular weight is 293 g/mol. The van der Waals surface area contributed by atoms with Crippen molar-refractivity contribution < 1.29 is 17.9 Å². The maximum absolute atomic E-state index is 11.8. The Morgan fingerprint density at radius 2 is 2.11 bits per heavy atom. The molecule has 6 nitrogen and oxygen atoms in total. The van der Waals surface area contributed by atoms with Crippen molar-refractivity contribution in [1.29, 1.82) is 0 Å². The monoisotopic (exact) mass is 292 g/mol. The number of hydrogen-bond donors (Lipinski definition) is 2. The molecule has 0 aromatic heterocycles. The van der Waals surface area contributed by atoms with Crippen LogP contribution in [0.5, 0.6) is 0 Å². The average Bonchev–Trinajstić information content (AvgIpc) is 2.31. The number of rotatable bonds is 4. The van der Waals surface area contributed by atoms with Crippen LogP contribution in [0.1, 0.15) is 6.92 Å². The van der Waals surface area contributed by atoms with Crippen LogP contribution < -0.4 is 10.5 Å². The molecule has 1 atom stereocenters. The topological polar surface area (TPSA) is 98.5 Å². The number of benzene rings is 1. The molecule has 1 aromatic rings. The lowest BCUT2D eigenvalue weighted by molar-refractivity contribution is -0.139. The van der Waals surface area contributed by atoms with Crippen molar-refractivity contribution in [1.82, 2.24) is 0 Å². The fourth-order valence-electron chi connectivity index (χ4n) is 1.14. The molecule has 0 heterocycles. The van der Waals surface area contributed by atoms with Crippen molar-refractivity contribution in [2.75, 3.05) is 17.6 Å². The van der Waals surface area contributed by atoms with Gasteiger partial charge in [-0.25, -0.2) is 8.42 Å². The first-order valence-corrected chi connectivity index (χ1v) is 6.85. The summed E-state index contributed by atoms with van der Waals surface area (Å²) >= 11 is 5.76. The molecule has 3 N–H and O–H groups in total. The Morgan fingerprint density at radius 1 is 1.50 bits per heavy atom. The summed E-state index contributed by atoms with van der Waals surface area (Å²) in [6, 6.07) is 4.27. The minimum Gasteiger partial charge on any atom is -0.468 e. The minimum atomic E-state index is -3.88. The molecule has 0 saturated heterocycles. The van der Waals surface area contributed by atoms with E-state index in [1.807, 2.05) is 0 Å². The van der Waals surface area contributed by atoms with Crippen molar-refractivity contribution in [3.05, 3.63) is 23.2 Å². The van der Waals surface area contributed by atoms with Crippen molar-refractivity contribution in [3.63, 3.8) is 0 Å². The molecule has 0 amide bonds. The SMILES string of the molecule is COC(=O)C(C)S(=O)(=O)Nc1ccc(N)c(Cl)c1. The Balaban J connectivity index is 2.95. The van der Waals surface area contributed by atoms with Gasteiger partial charge in [0, 0.05) is 0 Å². The minimum absolute atomic E-state index is 0.223. The summed E-state index contributed by atoms with van der Waals surface area (Å²) in [5, 5.41) is -1.10. The van der Waals surface area contributed by atoms with Gasteiger partial charge in [-0.2, -0.15) is 0 Å². The van der Waals surface area contributed by atoms with Crippen LogP contribution in [0.2, 0.25) is 5.02 Å². The first kappa shape index (κ1) is 14.6. The molecule has 0 aliphatic rings. The lowest BCUT2D eigenvalue weighted by Crippen LogP contribution is -2.33. The van der Waals surface area contributed by atoms with Crippen molar-refractivity contribution in [3.8, 4) is 0 Å². The van der Waals surface area contributed by atoms with Crippen LogP contribution >= 0.6 is 11.6 Å². The number of nitrogen functional groups attached to an aromatic ring is 1. The van der Waals surface area contributed by atoms with E-state index in [-0.39, 0.29) is 10.7 Å². The van der Waals surface area contributed by atoms with Gasteiger partial charge in [-0.15, -0.1) is 0 Å². The molecule has 8 heteroatoms. The molecule has 0 saturated carbocycles. The van der Waals surface area contributed by atoms with E-state index >= 15 is 0 Å². The molecule has 0 radical (unpaired) electrons. The number of methoxy groups -OCH3 is 1. The number of carbonyl (C=O) groups excluding carboxylic acids is 1. The summed E-state index contributed by atoms with van der Waals surface area (Å²) in [6.07, 6.45) is 0. The zero-order chi connectivity index (χ0) is 13.9. The number of nitrogens with two attached hydrogens (primary N) is 1. The standard InChI is InChI=1S/C10H13ClN2O4S/c1-6(10(14)17-2)18(15,16)13-7-3-4-9(12)8(11)5-7/h3-6,13H,12H2,1-2H3. The predicted molar refractivity (Wildman–Crippen MR) is 69.9 cm³/mol. The van der Waals surface area contributed by atoms with E-state index < -0.39 is 21.2 Å². The van der Waals surface area contributed by atoms with Crippen molar-refractivity contribution >= 4 is 39.0 Å². The number of halogens is 1. The summed E-state index contributed by atoms with van der Waals surface area (Å²) in [7, 11) is -2.76. The van der Waals surface area contributed by atoms with Crippen LogP contribution in [0.3, 0.4) is 0 Å². The van der Waals surface area contributed by atoms with E-state index in [1.165, 1.54) is 25.1 Å². The largest absolute Gasteiger partial charge is 0.468 e. The van der Waals surface area contributed by atoms with Crippen LogP contribution in [0.15, 0.2) is 18.2 Å². The van der Waals surface area contributed by atoms with Gasteiger partial charge < -0.3 is 10.5 Å². The van der Waals surface area contributed by atoms with Crippen LogP contribution in [0.4, 0.5) is 11.4 Å². The fraction of sp³-hybridized carbons (Fsp3) is 0.300. The van der Waals surface area contributed by atoms with Crippen LogP contribution in [-0.2, 0) is 19.6 Å². The molecule has 18 heavy (non-hydrogen) atoms. The molecule has 0 fully saturated rings. The quantitative estimate of drug-likeness (QED) is 0.642. The van der Waals surface area contributed by atoms with Gasteiger partial charge in [-0.3, -0.25) is 9.52 Å². The molecule has 0 aliphatic carbocycles. The second-order valence-electron chi connectivity index (χ2n) is 3.55. The number of carbonyl (C=O) groups is 1. The maximum atomic E-state index is 11.8. The number of hydrogen-bond acceptors (Lipinski definition) is 5. The van der Waals surface area contributed by atoms with E-state index in [2.05, 4.69) is 9.46 Å². The zero-order valence-corrected chi connectivity index (χ0v) is 11.4. The van der Waals surface area contributed by atoms with Gasteiger partial charge in [0.05, 0.1) is 23.5 Å². The Morgan fingerprint density at radius 3 is 2.61 bits per heavy atom. The molecular formula is C10H13ClN2O4S. The van der Waals surface area contributed by atoms with Gasteiger partial charge in [-0.05, 0) is 25.1 Å². The van der Waals surface area contributed by atoms with Gasteiger partial charge >= 0.3 is 5.97 Å². The number of ether oxygens (including phenoxy) is 1. The second kappa shape index (κ2) is 5.45. The number of anilines is 2. The van der Waals surface area contributed by atoms with Gasteiger partial charge in [0.25, 0.3) is 0 Å². The van der Waals surface area contributed by atoms with Gasteiger partial charge in [0.2, 0.25) is 10.0 Å². The highest BCUT2D eigenvalue weighted by atomic mass is 35.5. The normalized spacial score (nSPS) is 12.8. The smallest absolute Gasteiger partial charge is 0.325 e. The Hall–Kier alpha value is -1.47. The number of nitrogens with one attached hydrogen (secondary N) is 1. The molecule has 1 rings (SSSR count). The Bertz CT molecular complexity index is 559. The lowest BCUT2D eigenvalue weighted by atomic mass is 10.3. The lowest BCUT2D eigenvalue weighted by Gasteiger charge is -2.13. The second-order valence-corrected chi connectivity index (χ2v) is 5.96. The van der Waals surface area contributed by atoms with Gasteiger partial charge in [0.1, 0.15) is 0 Å². The third-order valence-electron chi connectivity index (χ3n) is 2.26. The maximum Gasteiger partial charge on any atom is 0.325 e. The number of esters is 1. The van der Waals surface area contributed by atoms with Crippen molar-refractivity contribution in [2.45, 2.75) is 12.2 Å². The van der Waals surface area contributed by atoms with E-state index in [9.17, 15) is 13.2 Å². The third kappa shape index (κ3) is 3.27. The van der Waals surface area contributed by atoms with Crippen molar-refractivity contribution in [2.24, 2.45) is 0 Å². The summed E-state index contributed by atoms with van der Waals surface area (Å²) < 4.78 is 30.2. The molecule has 1 unspecified atom stereocenters. The summed E-state index contributed by atoms with van der Waals surface area (Å²) in [4.78, 5) is 11.2. The Labute approximate surface area is 110 Å². The van der Waals surface area contributed by atoms with Crippen LogP contribution in [-0.4, -0.2) is 26.7 Å². The molecule has 100 valence electrons. The summed E-state index contributed by atoms with van der Waals surface area (Å²) in [5.41, 5.74) is 6.06. The van der Waals surface area contributed by atoms with E-state index in [1.54, 1.807) is 0 Å². The molecular weight excluding hydrogens is 280 g/mol. The highest BCUT2D eigenvalue weighted by Gasteiger charge is 2.28. The van der Waals surface area contributed by atoms with Crippen LogP contribution in [0.25, 0.3) is 0 Å². The van der Waals surface area contributed by atoms with Gasteiger partial charge in [0.15, 0.2) is 5.25 Å². The summed E-state index contributed by atoms with van der Waals surface area (Å²) in [5.74, 6) is -0.843. The Kier molecular flexibility index (Phi) is 4.42. The predicted octanol–water partition coefficient (Wildman–Crippen LogP) is 1.23. The van der Waals surface area contributed by atoms with Gasteiger partial charge in [-0.1, -0.05) is 11.6 Å². The molecule has 0 bridgehead atoms. The van der Waals surface area contributed by atoms with E-state index in [0.29, 0.717) is 5.69 Å². The van der Waals surface area contributed by atoms with E-state index in [0.717, 1.165) is 7.11 Å². The fourth-order valence-corrected chi connectivity index (χ4v) is 2.30. The first-order valence-electron chi connectivity index (χ1n) is 4.92. The van der Waals surface area contributed by atoms with E-state index in [4.69, 9.17) is 17.3 Å². The zero-order valence-electron chi connectivity index (χ0n) is 9.81. The molecule has 0 spiro atoms. The van der Waals surface area contributed by atoms with Crippen LogP contribution in [0, 0.1) is 0 Å². The third-order valence-corrected chi connectivity index (χ3v) is 4.23. The molecule has 1 aromatic carbocycles. The first-order chi connectivity index (χ1) is 8.27.